The van der Waals surface area contributed by atoms with E-state index >= 15 is 0 Å². The van der Waals surface area contributed by atoms with E-state index in [1.54, 1.807) is 42.3 Å². The summed E-state index contributed by atoms with van der Waals surface area (Å²) < 4.78 is 33.8. The van der Waals surface area contributed by atoms with Crippen molar-refractivity contribution < 1.29 is 23.4 Å². The van der Waals surface area contributed by atoms with E-state index in [1.807, 2.05) is 6.07 Å². The first-order valence-corrected chi connectivity index (χ1v) is 12.0. The van der Waals surface area contributed by atoms with Gasteiger partial charge in [0, 0.05) is 49.6 Å². The first kappa shape index (κ1) is 25.3. The minimum Gasteiger partial charge on any atom is -0.434 e. The minimum absolute atomic E-state index is 0.0106. The number of anilines is 1. The molecule has 1 aliphatic rings. The van der Waals surface area contributed by atoms with Gasteiger partial charge in [0.15, 0.2) is 0 Å². The maximum absolute atomic E-state index is 13.0. The summed E-state index contributed by atoms with van der Waals surface area (Å²) in [5, 5.41) is 16.0. The zero-order valence-electron chi connectivity index (χ0n) is 20.5. The van der Waals surface area contributed by atoms with Gasteiger partial charge in [0.25, 0.3) is 5.56 Å². The summed E-state index contributed by atoms with van der Waals surface area (Å²) in [5.74, 6) is 0.375. The SMILES string of the molecule is Cn1c(=O)c2ccc(-c3cnc(N[C@@H]4CCNC(=O)C4)nc3)cc2n1Cc1cc(CO)ccc1OC(F)F. The Kier molecular flexibility index (Phi) is 7.05. The Balaban J connectivity index is 1.46. The molecule has 3 heterocycles. The summed E-state index contributed by atoms with van der Waals surface area (Å²) in [4.78, 5) is 33.3. The fourth-order valence-corrected chi connectivity index (χ4v) is 4.61. The number of alkyl halides is 2. The van der Waals surface area contributed by atoms with E-state index < -0.39 is 6.61 Å². The summed E-state index contributed by atoms with van der Waals surface area (Å²) in [6, 6.07) is 9.75. The molecule has 38 heavy (non-hydrogen) atoms. The van der Waals surface area contributed by atoms with Crippen LogP contribution in [0.3, 0.4) is 0 Å². The normalized spacial score (nSPS) is 15.6. The van der Waals surface area contributed by atoms with Crippen molar-refractivity contribution in [3.63, 3.8) is 0 Å². The molecule has 0 bridgehead atoms. The number of hydrogen-bond donors (Lipinski definition) is 3. The quantitative estimate of drug-likeness (QED) is 0.324. The standard InChI is InChI=1S/C26H26F2N6O4/c1-33-24(37)20-4-3-16(18-11-30-26(31-12-18)32-19-6-7-29-23(36)10-19)9-21(20)34(33)13-17-8-15(14-35)2-5-22(17)38-25(27)28/h2-5,8-9,11-12,19,25,35H,6-7,10,13-14H2,1H3,(H,29,36)(H,30,31,32)/t19-/m1/s1. The maximum Gasteiger partial charge on any atom is 0.387 e. The van der Waals surface area contributed by atoms with Crippen LogP contribution in [0.5, 0.6) is 5.75 Å². The van der Waals surface area contributed by atoms with Gasteiger partial charge >= 0.3 is 6.61 Å². The van der Waals surface area contributed by atoms with Crippen LogP contribution in [0.4, 0.5) is 14.7 Å². The summed E-state index contributed by atoms with van der Waals surface area (Å²) in [5.41, 5.74) is 2.74. The Labute approximate surface area is 215 Å². The van der Waals surface area contributed by atoms with E-state index in [1.165, 1.54) is 16.8 Å². The van der Waals surface area contributed by atoms with Gasteiger partial charge in [0.2, 0.25) is 11.9 Å². The lowest BCUT2D eigenvalue weighted by molar-refractivity contribution is -0.122. The van der Waals surface area contributed by atoms with Crippen molar-refractivity contribution in [3.8, 4) is 16.9 Å². The second-order valence-corrected chi connectivity index (χ2v) is 9.08. The number of fused-ring (bicyclic) bond motifs is 1. The number of aliphatic hydroxyl groups is 1. The molecular formula is C26H26F2N6O4. The summed E-state index contributed by atoms with van der Waals surface area (Å²) in [6.45, 7) is -2.62. The summed E-state index contributed by atoms with van der Waals surface area (Å²) >= 11 is 0. The van der Waals surface area contributed by atoms with Gasteiger partial charge in [0.1, 0.15) is 5.75 Å². The van der Waals surface area contributed by atoms with Crippen LogP contribution in [0.25, 0.3) is 22.0 Å². The zero-order chi connectivity index (χ0) is 26.8. The van der Waals surface area contributed by atoms with Gasteiger partial charge in [-0.3, -0.25) is 19.0 Å². The number of hydrogen-bond acceptors (Lipinski definition) is 7. The third-order valence-electron chi connectivity index (χ3n) is 6.57. The lowest BCUT2D eigenvalue weighted by Gasteiger charge is -2.22. The van der Waals surface area contributed by atoms with Crippen molar-refractivity contribution >= 4 is 22.8 Å². The number of carbonyl (C=O) groups is 1. The highest BCUT2D eigenvalue weighted by atomic mass is 19.3. The molecule has 10 nitrogen and oxygen atoms in total. The van der Waals surface area contributed by atoms with E-state index in [9.17, 15) is 23.5 Å². The average Bonchev–Trinajstić information content (AvgIpc) is 3.14. The minimum atomic E-state index is -3.02. The molecule has 3 N–H and O–H groups in total. The van der Waals surface area contributed by atoms with Crippen molar-refractivity contribution in [3.05, 3.63) is 70.3 Å². The number of benzene rings is 2. The van der Waals surface area contributed by atoms with Crippen LogP contribution in [0.2, 0.25) is 0 Å². The van der Waals surface area contributed by atoms with Crippen LogP contribution in [0, 0.1) is 0 Å². The van der Waals surface area contributed by atoms with E-state index in [2.05, 4.69) is 25.3 Å². The van der Waals surface area contributed by atoms with E-state index in [4.69, 9.17) is 0 Å². The molecule has 1 fully saturated rings. The third kappa shape index (κ3) is 5.21. The van der Waals surface area contributed by atoms with Gasteiger partial charge in [-0.25, -0.2) is 9.97 Å². The number of halogens is 2. The van der Waals surface area contributed by atoms with Crippen molar-refractivity contribution in [1.29, 1.82) is 0 Å². The fourth-order valence-electron chi connectivity index (χ4n) is 4.61. The highest BCUT2D eigenvalue weighted by Gasteiger charge is 2.20. The first-order chi connectivity index (χ1) is 18.3. The topological polar surface area (TPSA) is 123 Å². The molecule has 1 amide bonds. The number of rotatable bonds is 8. The molecule has 4 aromatic rings. The number of piperidine rings is 1. The summed E-state index contributed by atoms with van der Waals surface area (Å²) in [6.07, 6.45) is 4.46. The molecule has 198 valence electrons. The van der Waals surface area contributed by atoms with Crippen molar-refractivity contribution in [2.75, 3.05) is 11.9 Å². The van der Waals surface area contributed by atoms with Crippen LogP contribution >= 0.6 is 0 Å². The molecule has 2 aromatic carbocycles. The van der Waals surface area contributed by atoms with Gasteiger partial charge in [-0.15, -0.1) is 0 Å². The Morgan fingerprint density at radius 1 is 1.16 bits per heavy atom. The second kappa shape index (κ2) is 10.6. The first-order valence-electron chi connectivity index (χ1n) is 12.0. The number of aliphatic hydroxyl groups excluding tert-OH is 1. The monoisotopic (exact) mass is 524 g/mol. The molecule has 12 heteroatoms. The Hall–Kier alpha value is -4.32. The van der Waals surface area contributed by atoms with E-state index in [-0.39, 0.29) is 36.4 Å². The number of nitrogens with one attached hydrogen (secondary N) is 2. The lowest BCUT2D eigenvalue weighted by Crippen LogP contribution is -2.39. The molecule has 0 aliphatic carbocycles. The Morgan fingerprint density at radius 3 is 2.66 bits per heavy atom. The van der Waals surface area contributed by atoms with Crippen molar-refractivity contribution in [1.82, 2.24) is 24.6 Å². The average molecular weight is 525 g/mol. The Bertz CT molecular complexity index is 1530. The molecule has 5 rings (SSSR count). The smallest absolute Gasteiger partial charge is 0.387 e. The number of ether oxygens (including phenoxy) is 1. The predicted molar refractivity (Wildman–Crippen MR) is 136 cm³/mol. The number of amides is 1. The van der Waals surface area contributed by atoms with Gasteiger partial charge in [-0.1, -0.05) is 12.1 Å². The fraction of sp³-hybridized carbons (Fsp3) is 0.308. The van der Waals surface area contributed by atoms with Crippen LogP contribution in [0.1, 0.15) is 24.0 Å². The molecule has 1 saturated heterocycles. The molecule has 1 atom stereocenters. The van der Waals surface area contributed by atoms with Gasteiger partial charge in [0.05, 0.1) is 24.1 Å². The predicted octanol–water partition coefficient (Wildman–Crippen LogP) is 2.63. The van der Waals surface area contributed by atoms with Gasteiger partial charge in [-0.2, -0.15) is 8.78 Å². The molecular weight excluding hydrogens is 498 g/mol. The van der Waals surface area contributed by atoms with E-state index in [0.29, 0.717) is 46.5 Å². The molecule has 1 aliphatic heterocycles. The van der Waals surface area contributed by atoms with Crippen molar-refractivity contribution in [2.45, 2.75) is 38.6 Å². The van der Waals surface area contributed by atoms with Gasteiger partial charge in [-0.05, 0) is 41.8 Å². The number of aromatic nitrogens is 4. The van der Waals surface area contributed by atoms with Crippen LogP contribution in [-0.4, -0.2) is 49.5 Å². The van der Waals surface area contributed by atoms with Crippen LogP contribution in [0.15, 0.2) is 53.6 Å². The highest BCUT2D eigenvalue weighted by molar-refractivity contribution is 5.84. The van der Waals surface area contributed by atoms with Crippen molar-refractivity contribution in [2.24, 2.45) is 7.05 Å². The zero-order valence-corrected chi connectivity index (χ0v) is 20.5. The Morgan fingerprint density at radius 2 is 1.95 bits per heavy atom. The van der Waals surface area contributed by atoms with Crippen LogP contribution in [-0.2, 0) is 25.0 Å². The van der Waals surface area contributed by atoms with E-state index in [0.717, 1.165) is 12.0 Å². The number of carbonyl (C=O) groups excluding carboxylic acids is 1. The molecule has 0 unspecified atom stereocenters. The number of nitrogens with zero attached hydrogens (tertiary/aromatic N) is 4. The largest absolute Gasteiger partial charge is 0.434 e. The molecule has 2 aromatic heterocycles. The second-order valence-electron chi connectivity index (χ2n) is 9.08. The van der Waals surface area contributed by atoms with Gasteiger partial charge < -0.3 is 20.5 Å². The molecule has 0 radical (unpaired) electrons. The highest BCUT2D eigenvalue weighted by Crippen LogP contribution is 2.27. The third-order valence-corrected chi connectivity index (χ3v) is 6.57. The lowest BCUT2D eigenvalue weighted by atomic mass is 10.1. The maximum atomic E-state index is 13.0. The molecule has 0 saturated carbocycles. The molecule has 0 spiro atoms. The van der Waals surface area contributed by atoms with Crippen LogP contribution < -0.4 is 20.9 Å². The summed E-state index contributed by atoms with van der Waals surface area (Å²) in [7, 11) is 1.60.